The largest absolute Gasteiger partial charge is 0.224 e. The molecule has 1 atom stereocenters. The molecule has 0 heterocycles. The van der Waals surface area contributed by atoms with Crippen molar-refractivity contribution in [1.82, 2.24) is 0 Å². The first-order valence-electron chi connectivity index (χ1n) is 4.44. The number of hydrogen-bond acceptors (Lipinski definition) is 2. The Bertz CT molecular complexity index is 370. The summed E-state index contributed by atoms with van der Waals surface area (Å²) in [6.07, 6.45) is 0.706. The van der Waals surface area contributed by atoms with E-state index in [0.29, 0.717) is 15.2 Å². The van der Waals surface area contributed by atoms with Crippen LogP contribution in [0, 0.1) is 0 Å². The maximum Gasteiger partial charge on any atom is 0.178 e. The molecule has 0 spiro atoms. The van der Waals surface area contributed by atoms with Gasteiger partial charge < -0.3 is 0 Å². The van der Waals surface area contributed by atoms with Crippen molar-refractivity contribution < 1.29 is 8.42 Å². The Kier molecular flexibility index (Phi) is 4.37. The van der Waals surface area contributed by atoms with E-state index in [9.17, 15) is 8.42 Å². The molecule has 0 aliphatic heterocycles. The van der Waals surface area contributed by atoms with Crippen molar-refractivity contribution in [2.75, 3.05) is 5.75 Å². The first-order chi connectivity index (χ1) is 6.52. The lowest BCUT2D eigenvalue weighted by molar-refractivity contribution is 0.593. The first kappa shape index (κ1) is 12.0. The molecule has 14 heavy (non-hydrogen) atoms. The van der Waals surface area contributed by atoms with Crippen molar-refractivity contribution >= 4 is 32.4 Å². The van der Waals surface area contributed by atoms with Crippen LogP contribution in [0.5, 0.6) is 0 Å². The van der Waals surface area contributed by atoms with Crippen LogP contribution in [-0.2, 0) is 9.84 Å². The second-order valence-electron chi connectivity index (χ2n) is 3.20. The predicted octanol–water partition coefficient (Wildman–Crippen LogP) is 2.67. The standard InChI is InChI=1S/C10H13IO2S/c1-9(11)7-8-14(12,13)10-5-3-2-4-6-10/h2-6,9H,7-8H2,1H3. The molecule has 1 aromatic carbocycles. The fourth-order valence-electron chi connectivity index (χ4n) is 1.06. The van der Waals surface area contributed by atoms with Crippen molar-refractivity contribution in [3.8, 4) is 0 Å². The number of rotatable bonds is 4. The summed E-state index contributed by atoms with van der Waals surface area (Å²) in [5, 5.41) is 0. The normalized spacial score (nSPS) is 13.9. The van der Waals surface area contributed by atoms with Crippen molar-refractivity contribution in [2.24, 2.45) is 0 Å². The van der Waals surface area contributed by atoms with E-state index >= 15 is 0 Å². The molecular formula is C10H13IO2S. The van der Waals surface area contributed by atoms with Gasteiger partial charge in [-0.2, -0.15) is 0 Å². The van der Waals surface area contributed by atoms with E-state index in [0.717, 1.165) is 0 Å². The van der Waals surface area contributed by atoms with Gasteiger partial charge in [0.15, 0.2) is 9.84 Å². The SMILES string of the molecule is CC(I)CCS(=O)(=O)c1ccccc1. The van der Waals surface area contributed by atoms with Gasteiger partial charge in [-0.15, -0.1) is 0 Å². The first-order valence-corrected chi connectivity index (χ1v) is 7.34. The smallest absolute Gasteiger partial charge is 0.178 e. The van der Waals surface area contributed by atoms with E-state index in [1.807, 2.05) is 13.0 Å². The highest BCUT2D eigenvalue weighted by atomic mass is 127. The van der Waals surface area contributed by atoms with Gasteiger partial charge >= 0.3 is 0 Å². The van der Waals surface area contributed by atoms with Crippen LogP contribution >= 0.6 is 22.6 Å². The van der Waals surface area contributed by atoms with Crippen LogP contribution in [-0.4, -0.2) is 18.1 Å². The molecule has 78 valence electrons. The minimum atomic E-state index is -3.06. The fourth-order valence-corrected chi connectivity index (χ4v) is 3.27. The summed E-state index contributed by atoms with van der Waals surface area (Å²) in [6, 6.07) is 8.61. The molecule has 1 rings (SSSR count). The molecule has 0 bridgehead atoms. The van der Waals surface area contributed by atoms with E-state index in [-0.39, 0.29) is 5.75 Å². The van der Waals surface area contributed by atoms with Gasteiger partial charge in [-0.05, 0) is 18.6 Å². The number of hydrogen-bond donors (Lipinski definition) is 0. The summed E-state index contributed by atoms with van der Waals surface area (Å²) >= 11 is 2.24. The zero-order valence-corrected chi connectivity index (χ0v) is 11.0. The van der Waals surface area contributed by atoms with Gasteiger partial charge in [-0.3, -0.25) is 0 Å². The Balaban J connectivity index is 2.77. The van der Waals surface area contributed by atoms with Crippen LogP contribution in [0.4, 0.5) is 0 Å². The van der Waals surface area contributed by atoms with Gasteiger partial charge in [-0.25, -0.2) is 8.42 Å². The highest BCUT2D eigenvalue weighted by molar-refractivity contribution is 14.1. The Morgan fingerprint density at radius 2 is 1.86 bits per heavy atom. The number of alkyl halides is 1. The maximum atomic E-state index is 11.7. The number of sulfone groups is 1. The molecule has 1 aromatic rings. The summed E-state index contributed by atoms with van der Waals surface area (Å²) in [7, 11) is -3.06. The zero-order chi connectivity index (χ0) is 10.6. The van der Waals surface area contributed by atoms with E-state index in [4.69, 9.17) is 0 Å². The monoisotopic (exact) mass is 324 g/mol. The average Bonchev–Trinajstić information content (AvgIpc) is 2.16. The second kappa shape index (κ2) is 5.11. The minimum Gasteiger partial charge on any atom is -0.224 e. The van der Waals surface area contributed by atoms with Crippen LogP contribution < -0.4 is 0 Å². The van der Waals surface area contributed by atoms with E-state index in [1.165, 1.54) is 0 Å². The van der Waals surface area contributed by atoms with Gasteiger partial charge in [0.2, 0.25) is 0 Å². The molecule has 2 nitrogen and oxygen atoms in total. The third kappa shape index (κ3) is 3.57. The Morgan fingerprint density at radius 1 is 1.29 bits per heavy atom. The molecular weight excluding hydrogens is 311 g/mol. The maximum absolute atomic E-state index is 11.7. The van der Waals surface area contributed by atoms with Gasteiger partial charge in [0, 0.05) is 3.92 Å². The van der Waals surface area contributed by atoms with Crippen LogP contribution in [0.15, 0.2) is 35.2 Å². The molecule has 0 fully saturated rings. The second-order valence-corrected chi connectivity index (χ2v) is 7.44. The molecule has 0 aliphatic carbocycles. The highest BCUT2D eigenvalue weighted by Crippen LogP contribution is 2.14. The Morgan fingerprint density at radius 3 is 2.36 bits per heavy atom. The lowest BCUT2D eigenvalue weighted by atomic mass is 10.4. The van der Waals surface area contributed by atoms with Crippen LogP contribution in [0.2, 0.25) is 0 Å². The third-order valence-electron chi connectivity index (χ3n) is 1.89. The number of halogens is 1. The summed E-state index contributed by atoms with van der Waals surface area (Å²) in [5.41, 5.74) is 0. The van der Waals surface area contributed by atoms with Gasteiger partial charge in [0.25, 0.3) is 0 Å². The lowest BCUT2D eigenvalue weighted by Crippen LogP contribution is -2.09. The van der Waals surface area contributed by atoms with Crippen molar-refractivity contribution in [2.45, 2.75) is 22.2 Å². The summed E-state index contributed by atoms with van der Waals surface area (Å²) in [5.74, 6) is 0.237. The van der Waals surface area contributed by atoms with Crippen molar-refractivity contribution in [1.29, 1.82) is 0 Å². The summed E-state index contributed by atoms with van der Waals surface area (Å²) < 4.78 is 23.9. The van der Waals surface area contributed by atoms with E-state index < -0.39 is 9.84 Å². The highest BCUT2D eigenvalue weighted by Gasteiger charge is 2.14. The molecule has 0 amide bonds. The summed E-state index contributed by atoms with van der Waals surface area (Å²) in [6.45, 7) is 2.01. The van der Waals surface area contributed by atoms with Gasteiger partial charge in [0.05, 0.1) is 10.6 Å². The Labute approximate surface area is 98.8 Å². The molecule has 0 saturated carbocycles. The lowest BCUT2D eigenvalue weighted by Gasteiger charge is -2.05. The third-order valence-corrected chi connectivity index (χ3v) is 4.27. The van der Waals surface area contributed by atoms with Crippen LogP contribution in [0.1, 0.15) is 13.3 Å². The van der Waals surface area contributed by atoms with Crippen LogP contribution in [0.3, 0.4) is 0 Å². The summed E-state index contributed by atoms with van der Waals surface area (Å²) in [4.78, 5) is 0.428. The quantitative estimate of drug-likeness (QED) is 0.630. The topological polar surface area (TPSA) is 34.1 Å². The average molecular weight is 324 g/mol. The number of benzene rings is 1. The van der Waals surface area contributed by atoms with Crippen molar-refractivity contribution in [3.05, 3.63) is 30.3 Å². The van der Waals surface area contributed by atoms with Crippen molar-refractivity contribution in [3.63, 3.8) is 0 Å². The fraction of sp³-hybridized carbons (Fsp3) is 0.400. The van der Waals surface area contributed by atoms with E-state index in [2.05, 4.69) is 22.6 Å². The molecule has 0 aromatic heterocycles. The van der Waals surface area contributed by atoms with Gasteiger partial charge in [0.1, 0.15) is 0 Å². The van der Waals surface area contributed by atoms with Crippen LogP contribution in [0.25, 0.3) is 0 Å². The molecule has 0 saturated heterocycles. The molecule has 0 N–H and O–H groups in total. The molecule has 0 aliphatic rings. The zero-order valence-electron chi connectivity index (χ0n) is 7.98. The molecule has 0 radical (unpaired) electrons. The predicted molar refractivity (Wildman–Crippen MR) is 66.6 cm³/mol. The molecule has 4 heteroatoms. The van der Waals surface area contributed by atoms with E-state index in [1.54, 1.807) is 24.3 Å². The molecule has 1 unspecified atom stereocenters. The minimum absolute atomic E-state index is 0.237. The van der Waals surface area contributed by atoms with Gasteiger partial charge in [-0.1, -0.05) is 47.7 Å². The Hall–Kier alpha value is -0.1000.